The molecule has 2 amide bonds. The highest BCUT2D eigenvalue weighted by Gasteiger charge is 2.28. The number of anilines is 1. The van der Waals surface area contributed by atoms with E-state index in [1.807, 2.05) is 17.0 Å². The van der Waals surface area contributed by atoms with Crippen molar-refractivity contribution in [2.45, 2.75) is 31.7 Å². The van der Waals surface area contributed by atoms with E-state index in [4.69, 9.17) is 11.6 Å². The minimum atomic E-state index is -0.0976. The Morgan fingerprint density at radius 2 is 2.17 bits per heavy atom. The average molecular weight is 343 g/mol. The number of benzene rings is 1. The molecule has 5 nitrogen and oxygen atoms in total. The van der Waals surface area contributed by atoms with Crippen LogP contribution in [0.25, 0.3) is 0 Å². The second kappa shape index (κ2) is 6.32. The van der Waals surface area contributed by atoms with E-state index in [2.05, 4.69) is 27.7 Å². The van der Waals surface area contributed by atoms with Gasteiger partial charge >= 0.3 is 6.03 Å². The molecular formula is C18H19ClN4O. The largest absolute Gasteiger partial charge is 0.322 e. The number of nitrogens with one attached hydrogen (secondary N) is 2. The maximum atomic E-state index is 12.6. The number of amides is 2. The number of aromatic amines is 1. The van der Waals surface area contributed by atoms with Gasteiger partial charge in [0.15, 0.2) is 0 Å². The van der Waals surface area contributed by atoms with Gasteiger partial charge in [0.2, 0.25) is 0 Å². The Labute approximate surface area is 145 Å². The topological polar surface area (TPSA) is 61.0 Å². The highest BCUT2D eigenvalue weighted by Crippen LogP contribution is 2.33. The normalized spacial score (nSPS) is 17.1. The van der Waals surface area contributed by atoms with Crippen LogP contribution in [0, 0.1) is 0 Å². The van der Waals surface area contributed by atoms with E-state index < -0.39 is 0 Å². The number of urea groups is 1. The van der Waals surface area contributed by atoms with Crippen LogP contribution in [0.4, 0.5) is 10.5 Å². The van der Waals surface area contributed by atoms with Crippen molar-refractivity contribution in [3.05, 3.63) is 58.4 Å². The zero-order chi connectivity index (χ0) is 16.5. The standard InChI is InChI=1S/C18H19ClN4O/c19-13-6-3-7-14(10-13)20-18(24)23-9-8-16-15(11-23)17(22-21-16)12-4-1-2-5-12/h1-3,6-7,10,12H,4-5,8-9,11H2,(H,20,24)(H,21,22). The van der Waals surface area contributed by atoms with Crippen molar-refractivity contribution in [2.24, 2.45) is 0 Å². The molecule has 1 aromatic carbocycles. The predicted molar refractivity (Wildman–Crippen MR) is 94.3 cm³/mol. The molecule has 0 fully saturated rings. The number of hydrogen-bond donors (Lipinski definition) is 2. The lowest BCUT2D eigenvalue weighted by atomic mass is 9.95. The van der Waals surface area contributed by atoms with Crippen LogP contribution < -0.4 is 5.32 Å². The summed E-state index contributed by atoms with van der Waals surface area (Å²) >= 11 is 5.98. The van der Waals surface area contributed by atoms with Crippen molar-refractivity contribution in [1.29, 1.82) is 0 Å². The zero-order valence-corrected chi connectivity index (χ0v) is 14.0. The van der Waals surface area contributed by atoms with E-state index in [1.165, 1.54) is 11.3 Å². The predicted octanol–water partition coefficient (Wildman–Crippen LogP) is 4.09. The van der Waals surface area contributed by atoms with E-state index in [0.717, 1.165) is 25.0 Å². The first kappa shape index (κ1) is 15.3. The molecule has 6 heteroatoms. The summed E-state index contributed by atoms with van der Waals surface area (Å²) in [4.78, 5) is 14.4. The molecule has 0 spiro atoms. The lowest BCUT2D eigenvalue weighted by Crippen LogP contribution is -2.39. The SMILES string of the molecule is O=C(Nc1cccc(Cl)c1)N1CCc2[nH]nc(C3CC=CC3)c2C1. The molecule has 4 rings (SSSR count). The van der Waals surface area contributed by atoms with Gasteiger partial charge in [-0.2, -0.15) is 5.10 Å². The molecule has 1 aromatic heterocycles. The van der Waals surface area contributed by atoms with Gasteiger partial charge in [-0.15, -0.1) is 0 Å². The van der Waals surface area contributed by atoms with Crippen LogP contribution >= 0.6 is 11.6 Å². The molecule has 24 heavy (non-hydrogen) atoms. The Morgan fingerprint density at radius 1 is 1.33 bits per heavy atom. The molecule has 0 unspecified atom stereocenters. The highest BCUT2D eigenvalue weighted by atomic mass is 35.5. The van der Waals surface area contributed by atoms with E-state index in [1.54, 1.807) is 12.1 Å². The number of nitrogens with zero attached hydrogens (tertiary/aromatic N) is 2. The van der Waals surface area contributed by atoms with Gasteiger partial charge in [-0.1, -0.05) is 29.8 Å². The molecule has 0 bridgehead atoms. The van der Waals surface area contributed by atoms with Gasteiger partial charge < -0.3 is 10.2 Å². The summed E-state index contributed by atoms with van der Waals surface area (Å²) in [6.45, 7) is 1.29. The Bertz CT molecular complexity index is 790. The molecule has 2 aliphatic rings. The van der Waals surface area contributed by atoms with E-state index in [9.17, 15) is 4.79 Å². The fraction of sp³-hybridized carbons (Fsp3) is 0.333. The number of fused-ring (bicyclic) bond motifs is 1. The third-order valence-corrected chi connectivity index (χ3v) is 4.96. The van der Waals surface area contributed by atoms with Crippen LogP contribution in [0.3, 0.4) is 0 Å². The van der Waals surface area contributed by atoms with Gasteiger partial charge in [-0.3, -0.25) is 5.10 Å². The molecule has 0 saturated heterocycles. The zero-order valence-electron chi connectivity index (χ0n) is 13.3. The number of rotatable bonds is 2. The monoisotopic (exact) mass is 342 g/mol. The van der Waals surface area contributed by atoms with Crippen LogP contribution in [-0.4, -0.2) is 27.7 Å². The molecule has 0 saturated carbocycles. The minimum absolute atomic E-state index is 0.0976. The van der Waals surface area contributed by atoms with Gasteiger partial charge in [0.1, 0.15) is 0 Å². The van der Waals surface area contributed by atoms with Crippen molar-refractivity contribution in [3.63, 3.8) is 0 Å². The van der Waals surface area contributed by atoms with Crippen molar-refractivity contribution in [2.75, 3.05) is 11.9 Å². The van der Waals surface area contributed by atoms with Gasteiger partial charge in [0.05, 0.1) is 12.2 Å². The van der Waals surface area contributed by atoms with Crippen LogP contribution in [0.5, 0.6) is 0 Å². The van der Waals surface area contributed by atoms with Crippen LogP contribution in [-0.2, 0) is 13.0 Å². The summed E-state index contributed by atoms with van der Waals surface area (Å²) in [5.41, 5.74) is 4.20. The number of allylic oxidation sites excluding steroid dienone is 2. The Morgan fingerprint density at radius 3 is 2.96 bits per heavy atom. The first-order valence-electron chi connectivity index (χ1n) is 8.23. The van der Waals surface area contributed by atoms with Gasteiger partial charge in [0.25, 0.3) is 0 Å². The highest BCUT2D eigenvalue weighted by molar-refractivity contribution is 6.30. The fourth-order valence-corrected chi connectivity index (χ4v) is 3.63. The quantitative estimate of drug-likeness (QED) is 0.807. The third-order valence-electron chi connectivity index (χ3n) is 4.72. The fourth-order valence-electron chi connectivity index (χ4n) is 3.44. The van der Waals surface area contributed by atoms with Gasteiger partial charge in [0, 0.05) is 40.9 Å². The maximum absolute atomic E-state index is 12.6. The minimum Gasteiger partial charge on any atom is -0.320 e. The van der Waals surface area contributed by atoms with Gasteiger partial charge in [-0.05, 0) is 31.0 Å². The smallest absolute Gasteiger partial charge is 0.320 e. The average Bonchev–Trinajstić information content (AvgIpc) is 3.23. The lowest BCUT2D eigenvalue weighted by Gasteiger charge is -2.28. The second-order valence-corrected chi connectivity index (χ2v) is 6.75. The molecule has 0 radical (unpaired) electrons. The molecular weight excluding hydrogens is 324 g/mol. The second-order valence-electron chi connectivity index (χ2n) is 6.32. The molecule has 0 atom stereocenters. The number of hydrogen-bond acceptors (Lipinski definition) is 2. The van der Waals surface area contributed by atoms with Crippen molar-refractivity contribution >= 4 is 23.3 Å². The van der Waals surface area contributed by atoms with Crippen LogP contribution in [0.15, 0.2) is 36.4 Å². The number of aromatic nitrogens is 2. The first-order chi connectivity index (χ1) is 11.7. The number of carbonyl (C=O) groups excluding carboxylic acids is 1. The molecule has 1 aliphatic carbocycles. The Hall–Kier alpha value is -2.27. The molecule has 1 aliphatic heterocycles. The summed E-state index contributed by atoms with van der Waals surface area (Å²) in [7, 11) is 0. The van der Waals surface area contributed by atoms with Crippen molar-refractivity contribution in [1.82, 2.24) is 15.1 Å². The number of halogens is 1. The number of H-pyrrole nitrogens is 1. The molecule has 2 aromatic rings. The Kier molecular flexibility index (Phi) is 4.02. The lowest BCUT2D eigenvalue weighted by molar-refractivity contribution is 0.206. The van der Waals surface area contributed by atoms with Crippen molar-refractivity contribution in [3.8, 4) is 0 Å². The molecule has 124 valence electrons. The summed E-state index contributed by atoms with van der Waals surface area (Å²) < 4.78 is 0. The summed E-state index contributed by atoms with van der Waals surface area (Å²) in [5.74, 6) is 0.445. The third kappa shape index (κ3) is 2.91. The summed E-state index contributed by atoms with van der Waals surface area (Å²) in [6, 6.07) is 7.11. The van der Waals surface area contributed by atoms with Crippen LogP contribution in [0.2, 0.25) is 5.02 Å². The molecule has 2 N–H and O–H groups in total. The van der Waals surface area contributed by atoms with Gasteiger partial charge in [-0.25, -0.2) is 4.79 Å². The van der Waals surface area contributed by atoms with Crippen LogP contribution in [0.1, 0.15) is 35.7 Å². The Balaban J connectivity index is 1.49. The summed E-state index contributed by atoms with van der Waals surface area (Å²) in [6.07, 6.45) is 7.29. The molecule has 2 heterocycles. The number of carbonyl (C=O) groups is 1. The van der Waals surface area contributed by atoms with E-state index in [0.29, 0.717) is 29.7 Å². The van der Waals surface area contributed by atoms with E-state index >= 15 is 0 Å². The van der Waals surface area contributed by atoms with Crippen molar-refractivity contribution < 1.29 is 4.79 Å². The van der Waals surface area contributed by atoms with E-state index in [-0.39, 0.29) is 6.03 Å². The maximum Gasteiger partial charge on any atom is 0.322 e. The first-order valence-corrected chi connectivity index (χ1v) is 8.61. The summed E-state index contributed by atoms with van der Waals surface area (Å²) in [5, 5.41) is 11.2.